The number of likely N-dealkylation sites (N-methyl/N-ethyl adjacent to an activating group) is 1. The van der Waals surface area contributed by atoms with Crippen LogP contribution in [0.25, 0.3) is 0 Å². The van der Waals surface area contributed by atoms with E-state index >= 15 is 0 Å². The third-order valence-corrected chi connectivity index (χ3v) is 5.71. The van der Waals surface area contributed by atoms with E-state index in [1.165, 1.54) is 16.2 Å². The molecular formula is C19H32IN5O4S. The number of hydrogen-bond acceptors (Lipinski definition) is 7. The van der Waals surface area contributed by atoms with Crippen molar-refractivity contribution in [3.8, 4) is 0 Å². The summed E-state index contributed by atoms with van der Waals surface area (Å²) in [5.74, 6) is 0.0576. The number of halogens is 1. The predicted molar refractivity (Wildman–Crippen MR) is 128 cm³/mol. The maximum absolute atomic E-state index is 12.1. The van der Waals surface area contributed by atoms with Crippen LogP contribution in [-0.2, 0) is 14.3 Å². The van der Waals surface area contributed by atoms with Crippen molar-refractivity contribution in [3.63, 3.8) is 0 Å². The van der Waals surface area contributed by atoms with Crippen molar-refractivity contribution >= 4 is 53.1 Å². The minimum atomic E-state index is -0.358. The summed E-state index contributed by atoms with van der Waals surface area (Å²) in [6.07, 6.45) is 2.19. The summed E-state index contributed by atoms with van der Waals surface area (Å²) in [4.78, 5) is 34.9. The molecule has 1 amide bonds. The number of aliphatic imine (C=N–C) groups is 1. The smallest absolute Gasteiger partial charge is 0.350 e. The second kappa shape index (κ2) is 13.1. The maximum Gasteiger partial charge on any atom is 0.350 e. The molecule has 0 bridgehead atoms. The highest BCUT2D eigenvalue weighted by atomic mass is 127. The van der Waals surface area contributed by atoms with Gasteiger partial charge in [-0.05, 0) is 33.6 Å². The number of aromatic nitrogens is 1. The minimum Gasteiger partial charge on any atom is -0.462 e. The van der Waals surface area contributed by atoms with Crippen molar-refractivity contribution in [2.75, 3.05) is 40.4 Å². The highest BCUT2D eigenvalue weighted by molar-refractivity contribution is 14.0. The van der Waals surface area contributed by atoms with Gasteiger partial charge in [0.2, 0.25) is 5.91 Å². The fourth-order valence-corrected chi connectivity index (χ4v) is 3.67. The van der Waals surface area contributed by atoms with Gasteiger partial charge in [-0.2, -0.15) is 0 Å². The first-order valence-corrected chi connectivity index (χ1v) is 10.6. The van der Waals surface area contributed by atoms with E-state index in [4.69, 9.17) is 9.47 Å². The number of rotatable bonds is 8. The summed E-state index contributed by atoms with van der Waals surface area (Å²) in [5.41, 5.74) is 0.644. The number of ether oxygens (including phenoxy) is 2. The van der Waals surface area contributed by atoms with E-state index in [0.717, 1.165) is 24.5 Å². The Kier molecular flexibility index (Phi) is 11.6. The number of amides is 1. The number of carbonyl (C=O) groups excluding carboxylic acids is 2. The summed E-state index contributed by atoms with van der Waals surface area (Å²) in [6.45, 7) is 7.24. The number of guanidine groups is 1. The van der Waals surface area contributed by atoms with Crippen LogP contribution in [0.1, 0.15) is 53.1 Å². The highest BCUT2D eigenvalue weighted by Crippen LogP contribution is 2.24. The molecule has 2 N–H and O–H groups in total. The Morgan fingerprint density at radius 1 is 1.43 bits per heavy atom. The maximum atomic E-state index is 12.1. The molecule has 11 heteroatoms. The Labute approximate surface area is 199 Å². The van der Waals surface area contributed by atoms with Crippen LogP contribution in [0.2, 0.25) is 0 Å². The van der Waals surface area contributed by atoms with Gasteiger partial charge in [0.25, 0.3) is 0 Å². The van der Waals surface area contributed by atoms with Crippen molar-refractivity contribution in [2.24, 2.45) is 4.99 Å². The number of aryl methyl sites for hydroxylation is 1. The van der Waals surface area contributed by atoms with Gasteiger partial charge in [0.1, 0.15) is 16.4 Å². The normalized spacial score (nSPS) is 17.1. The molecule has 0 spiro atoms. The average Bonchev–Trinajstić information content (AvgIpc) is 3.33. The van der Waals surface area contributed by atoms with E-state index in [1.54, 1.807) is 27.9 Å². The summed E-state index contributed by atoms with van der Waals surface area (Å²) >= 11 is 1.30. The lowest BCUT2D eigenvalue weighted by atomic mass is 10.2. The second-order valence-corrected chi connectivity index (χ2v) is 8.05. The fourth-order valence-electron chi connectivity index (χ4n) is 2.71. The van der Waals surface area contributed by atoms with E-state index in [0.29, 0.717) is 29.7 Å². The predicted octanol–water partition coefficient (Wildman–Crippen LogP) is 2.11. The van der Waals surface area contributed by atoms with Crippen LogP contribution >= 0.6 is 35.3 Å². The molecule has 2 unspecified atom stereocenters. The molecule has 9 nitrogen and oxygen atoms in total. The van der Waals surface area contributed by atoms with Crippen LogP contribution in [-0.4, -0.2) is 74.2 Å². The van der Waals surface area contributed by atoms with Gasteiger partial charge in [0, 0.05) is 27.2 Å². The van der Waals surface area contributed by atoms with Crippen LogP contribution in [0.15, 0.2) is 4.99 Å². The molecule has 2 atom stereocenters. The van der Waals surface area contributed by atoms with E-state index in [2.05, 4.69) is 20.6 Å². The largest absolute Gasteiger partial charge is 0.462 e. The molecular weight excluding hydrogens is 521 g/mol. The molecule has 0 aromatic carbocycles. The molecule has 0 radical (unpaired) electrons. The van der Waals surface area contributed by atoms with E-state index < -0.39 is 0 Å². The first kappa shape index (κ1) is 26.6. The third kappa shape index (κ3) is 7.99. The van der Waals surface area contributed by atoms with E-state index in [9.17, 15) is 9.59 Å². The lowest BCUT2D eigenvalue weighted by Crippen LogP contribution is -2.42. The number of hydrogen-bond donors (Lipinski definition) is 2. The van der Waals surface area contributed by atoms with Crippen LogP contribution in [0.4, 0.5) is 0 Å². The van der Waals surface area contributed by atoms with Gasteiger partial charge in [0.05, 0.1) is 24.4 Å². The molecule has 1 saturated heterocycles. The summed E-state index contributed by atoms with van der Waals surface area (Å²) in [7, 11) is 3.39. The van der Waals surface area contributed by atoms with Gasteiger partial charge in [-0.15, -0.1) is 35.3 Å². The first-order chi connectivity index (χ1) is 13.8. The van der Waals surface area contributed by atoms with Crippen LogP contribution in [0.3, 0.4) is 0 Å². The monoisotopic (exact) mass is 553 g/mol. The number of thiazole rings is 1. The van der Waals surface area contributed by atoms with Gasteiger partial charge in [-0.25, -0.2) is 14.8 Å². The zero-order valence-electron chi connectivity index (χ0n) is 18.2. The SMILES string of the molecule is CCOC(=O)c1sc(C(C)NC(=NCC(=O)N(C)C)NCC2CCCO2)nc1C.I. The minimum absolute atomic E-state index is 0. The molecule has 1 aliphatic rings. The fraction of sp³-hybridized carbons (Fsp3) is 0.684. The van der Waals surface area contributed by atoms with Gasteiger partial charge in [-0.1, -0.05) is 0 Å². The van der Waals surface area contributed by atoms with Gasteiger partial charge in [0.15, 0.2) is 5.96 Å². The lowest BCUT2D eigenvalue weighted by Gasteiger charge is -2.19. The Hall–Kier alpha value is -1.47. The number of nitrogens with one attached hydrogen (secondary N) is 2. The van der Waals surface area contributed by atoms with Crippen LogP contribution in [0, 0.1) is 6.92 Å². The van der Waals surface area contributed by atoms with Crippen molar-refractivity contribution in [1.82, 2.24) is 20.5 Å². The van der Waals surface area contributed by atoms with Crippen molar-refractivity contribution in [3.05, 3.63) is 15.6 Å². The van der Waals surface area contributed by atoms with Gasteiger partial charge in [-0.3, -0.25) is 4.79 Å². The number of nitrogens with zero attached hydrogens (tertiary/aromatic N) is 3. The topological polar surface area (TPSA) is 105 Å². The molecule has 30 heavy (non-hydrogen) atoms. The Bertz CT molecular complexity index is 735. The zero-order chi connectivity index (χ0) is 21.4. The Balaban J connectivity index is 0.00000450. The molecule has 1 aromatic rings. The van der Waals surface area contributed by atoms with Gasteiger partial charge < -0.3 is 25.0 Å². The van der Waals surface area contributed by atoms with Gasteiger partial charge >= 0.3 is 5.97 Å². The van der Waals surface area contributed by atoms with Crippen LogP contribution < -0.4 is 10.6 Å². The van der Waals surface area contributed by atoms with Crippen molar-refractivity contribution in [1.29, 1.82) is 0 Å². The molecule has 0 saturated carbocycles. The van der Waals surface area contributed by atoms with E-state index in [1.807, 2.05) is 6.92 Å². The Morgan fingerprint density at radius 3 is 2.77 bits per heavy atom. The van der Waals surface area contributed by atoms with Crippen LogP contribution in [0.5, 0.6) is 0 Å². The number of esters is 1. The molecule has 170 valence electrons. The average molecular weight is 553 g/mol. The van der Waals surface area contributed by atoms with Crippen molar-refractivity contribution in [2.45, 2.75) is 45.8 Å². The molecule has 1 fully saturated rings. The summed E-state index contributed by atoms with van der Waals surface area (Å²) in [5, 5.41) is 7.27. The third-order valence-electron chi connectivity index (χ3n) is 4.39. The van der Waals surface area contributed by atoms with Crippen molar-refractivity contribution < 1.29 is 19.1 Å². The molecule has 2 rings (SSSR count). The number of carbonyl (C=O) groups is 2. The van der Waals surface area contributed by atoms with E-state index in [-0.39, 0.29) is 54.5 Å². The molecule has 2 heterocycles. The molecule has 0 aliphatic carbocycles. The lowest BCUT2D eigenvalue weighted by molar-refractivity contribution is -0.127. The molecule has 1 aromatic heterocycles. The quantitative estimate of drug-likeness (QED) is 0.220. The second-order valence-electron chi connectivity index (χ2n) is 7.02. The summed E-state index contributed by atoms with van der Waals surface area (Å²) < 4.78 is 10.7. The zero-order valence-corrected chi connectivity index (χ0v) is 21.3. The molecule has 1 aliphatic heterocycles. The standard InChI is InChI=1S/C19H31N5O4S.HI/c1-6-27-18(26)16-12(2)22-17(29-16)13(3)23-19(21-11-15(25)24(4)5)20-10-14-8-7-9-28-14;/h13-14H,6-11H2,1-5H3,(H2,20,21,23);1H. The highest BCUT2D eigenvalue weighted by Gasteiger charge is 2.21. The Morgan fingerprint density at radius 2 is 2.17 bits per heavy atom. The first-order valence-electron chi connectivity index (χ1n) is 9.82. The summed E-state index contributed by atoms with van der Waals surface area (Å²) in [6, 6.07) is -0.202.